The van der Waals surface area contributed by atoms with E-state index in [2.05, 4.69) is 20.4 Å². The summed E-state index contributed by atoms with van der Waals surface area (Å²) in [5.41, 5.74) is 2.85. The number of fused-ring (bicyclic) bond motifs is 1. The van der Waals surface area contributed by atoms with Crippen molar-refractivity contribution in [1.82, 2.24) is 24.9 Å². The van der Waals surface area contributed by atoms with Gasteiger partial charge in [-0.25, -0.2) is 9.50 Å². The van der Waals surface area contributed by atoms with Gasteiger partial charge in [0.15, 0.2) is 0 Å². The van der Waals surface area contributed by atoms with Gasteiger partial charge in [-0.05, 0) is 44.0 Å². The summed E-state index contributed by atoms with van der Waals surface area (Å²) >= 11 is 0. The van der Waals surface area contributed by atoms with Crippen molar-refractivity contribution in [3.05, 3.63) is 53.1 Å². The van der Waals surface area contributed by atoms with Gasteiger partial charge in [0.1, 0.15) is 5.75 Å². The Morgan fingerprint density at radius 2 is 1.96 bits per heavy atom. The van der Waals surface area contributed by atoms with Gasteiger partial charge in [0, 0.05) is 17.9 Å². The summed E-state index contributed by atoms with van der Waals surface area (Å²) in [5, 5.41) is 7.05. The zero-order chi connectivity index (χ0) is 17.1. The van der Waals surface area contributed by atoms with Crippen LogP contribution in [0.3, 0.4) is 0 Å². The summed E-state index contributed by atoms with van der Waals surface area (Å²) in [7, 11) is 1.63. The number of amides is 1. The van der Waals surface area contributed by atoms with Crippen molar-refractivity contribution in [1.29, 1.82) is 0 Å². The lowest BCUT2D eigenvalue weighted by molar-refractivity contribution is 0.0944. The van der Waals surface area contributed by atoms with E-state index in [4.69, 9.17) is 4.74 Å². The fourth-order valence-electron chi connectivity index (χ4n) is 2.45. The third-order valence-corrected chi connectivity index (χ3v) is 3.68. The number of hydrogen-bond donors (Lipinski definition) is 1. The lowest BCUT2D eigenvalue weighted by atomic mass is 10.1. The van der Waals surface area contributed by atoms with Gasteiger partial charge in [-0.15, -0.1) is 5.10 Å². The van der Waals surface area contributed by atoms with Gasteiger partial charge in [-0.1, -0.05) is 12.1 Å². The highest BCUT2D eigenvalue weighted by molar-refractivity contribution is 5.90. The Balaban J connectivity index is 1.63. The molecule has 0 saturated heterocycles. The third-order valence-electron chi connectivity index (χ3n) is 3.68. The van der Waals surface area contributed by atoms with Gasteiger partial charge < -0.3 is 10.1 Å². The van der Waals surface area contributed by atoms with Gasteiger partial charge in [0.25, 0.3) is 11.7 Å². The van der Waals surface area contributed by atoms with E-state index in [1.807, 2.05) is 44.2 Å². The zero-order valence-corrected chi connectivity index (χ0v) is 13.9. The van der Waals surface area contributed by atoms with Crippen LogP contribution in [0.15, 0.2) is 30.3 Å². The Morgan fingerprint density at radius 3 is 2.67 bits per heavy atom. The fourth-order valence-corrected chi connectivity index (χ4v) is 2.45. The predicted molar refractivity (Wildman–Crippen MR) is 89.3 cm³/mol. The second kappa shape index (κ2) is 6.66. The van der Waals surface area contributed by atoms with Crippen LogP contribution < -0.4 is 10.1 Å². The first-order valence-corrected chi connectivity index (χ1v) is 7.69. The third kappa shape index (κ3) is 3.34. The maximum atomic E-state index is 12.2. The molecule has 0 saturated carbocycles. The normalized spacial score (nSPS) is 10.8. The maximum absolute atomic E-state index is 12.2. The van der Waals surface area contributed by atoms with Gasteiger partial charge in [-0.2, -0.15) is 4.98 Å². The fraction of sp³-hybridized carbons (Fsp3) is 0.294. The minimum atomic E-state index is -0.300. The van der Waals surface area contributed by atoms with Crippen molar-refractivity contribution >= 4 is 11.7 Å². The van der Waals surface area contributed by atoms with Crippen molar-refractivity contribution in [3.8, 4) is 5.75 Å². The minimum absolute atomic E-state index is 0.130. The Bertz CT molecular complexity index is 871. The molecule has 0 fully saturated rings. The number of aryl methyl sites for hydroxylation is 2. The highest BCUT2D eigenvalue weighted by atomic mass is 16.5. The van der Waals surface area contributed by atoms with Crippen molar-refractivity contribution < 1.29 is 9.53 Å². The highest BCUT2D eigenvalue weighted by Gasteiger charge is 2.14. The molecule has 0 aliphatic heterocycles. The summed E-state index contributed by atoms with van der Waals surface area (Å²) < 4.78 is 6.70. The zero-order valence-electron chi connectivity index (χ0n) is 13.9. The molecule has 0 atom stereocenters. The van der Waals surface area contributed by atoms with Gasteiger partial charge in [0.05, 0.1) is 7.11 Å². The number of carbonyl (C=O) groups excluding carboxylic acids is 1. The van der Waals surface area contributed by atoms with Crippen LogP contribution in [-0.2, 0) is 6.42 Å². The predicted octanol–water partition coefficient (Wildman–Crippen LogP) is 1.72. The standard InChI is InChI=1S/C17H19N5O2/c1-11-10-12(2)22-17(19-11)20-15(21-22)16(23)18-9-8-13-4-6-14(24-3)7-5-13/h4-7,10H,8-9H2,1-3H3,(H,18,23). The molecule has 3 rings (SSSR count). The molecule has 1 aromatic carbocycles. The molecule has 124 valence electrons. The van der Waals surface area contributed by atoms with Crippen molar-refractivity contribution in [2.45, 2.75) is 20.3 Å². The molecule has 7 nitrogen and oxygen atoms in total. The van der Waals surface area contributed by atoms with Crippen molar-refractivity contribution in [2.24, 2.45) is 0 Å². The van der Waals surface area contributed by atoms with Crippen LogP contribution in [0.2, 0.25) is 0 Å². The number of methoxy groups -OCH3 is 1. The van der Waals surface area contributed by atoms with Crippen molar-refractivity contribution in [3.63, 3.8) is 0 Å². The first-order valence-electron chi connectivity index (χ1n) is 7.69. The van der Waals surface area contributed by atoms with Crippen LogP contribution in [-0.4, -0.2) is 39.1 Å². The van der Waals surface area contributed by atoms with Gasteiger partial charge in [0.2, 0.25) is 5.82 Å². The van der Waals surface area contributed by atoms with Crippen LogP contribution in [0.1, 0.15) is 27.6 Å². The minimum Gasteiger partial charge on any atom is -0.497 e. The molecular formula is C17H19N5O2. The molecule has 1 N–H and O–H groups in total. The topological polar surface area (TPSA) is 81.4 Å². The molecule has 3 aromatic rings. The quantitative estimate of drug-likeness (QED) is 0.772. The van der Waals surface area contributed by atoms with E-state index in [0.717, 1.165) is 29.1 Å². The van der Waals surface area contributed by atoms with E-state index in [1.54, 1.807) is 11.6 Å². The summed E-state index contributed by atoms with van der Waals surface area (Å²) in [6, 6.07) is 9.65. The Morgan fingerprint density at radius 1 is 1.21 bits per heavy atom. The van der Waals surface area contributed by atoms with E-state index in [-0.39, 0.29) is 11.7 Å². The molecule has 2 heterocycles. The molecule has 0 aliphatic rings. The number of ether oxygens (including phenoxy) is 1. The molecule has 0 radical (unpaired) electrons. The number of aromatic nitrogens is 4. The average molecular weight is 325 g/mol. The summed E-state index contributed by atoms with van der Waals surface area (Å²) in [5.74, 6) is 1.08. The second-order valence-corrected chi connectivity index (χ2v) is 5.54. The molecule has 24 heavy (non-hydrogen) atoms. The smallest absolute Gasteiger partial charge is 0.291 e. The Labute approximate surface area is 139 Å². The number of nitrogens with one attached hydrogen (secondary N) is 1. The number of rotatable bonds is 5. The van der Waals surface area contributed by atoms with Crippen LogP contribution in [0.4, 0.5) is 0 Å². The van der Waals surface area contributed by atoms with Gasteiger partial charge >= 0.3 is 0 Å². The summed E-state index contributed by atoms with van der Waals surface area (Å²) in [4.78, 5) is 20.7. The van der Waals surface area contributed by atoms with Crippen LogP contribution in [0.25, 0.3) is 5.78 Å². The second-order valence-electron chi connectivity index (χ2n) is 5.54. The Hall–Kier alpha value is -2.96. The van der Waals surface area contributed by atoms with Crippen molar-refractivity contribution in [2.75, 3.05) is 13.7 Å². The number of carbonyl (C=O) groups is 1. The van der Waals surface area contributed by atoms with E-state index in [0.29, 0.717) is 12.3 Å². The first kappa shape index (κ1) is 15.9. The van der Waals surface area contributed by atoms with Crippen LogP contribution in [0.5, 0.6) is 5.75 Å². The summed E-state index contributed by atoms with van der Waals surface area (Å²) in [6.45, 7) is 4.30. The molecule has 0 bridgehead atoms. The number of benzene rings is 1. The van der Waals surface area contributed by atoms with E-state index in [1.165, 1.54) is 0 Å². The summed E-state index contributed by atoms with van der Waals surface area (Å²) in [6.07, 6.45) is 0.722. The molecular weight excluding hydrogens is 306 g/mol. The highest BCUT2D eigenvalue weighted by Crippen LogP contribution is 2.11. The SMILES string of the molecule is COc1ccc(CCNC(=O)c2nc3nc(C)cc(C)n3n2)cc1. The monoisotopic (exact) mass is 325 g/mol. The van der Waals surface area contributed by atoms with E-state index >= 15 is 0 Å². The van der Waals surface area contributed by atoms with Crippen LogP contribution in [0, 0.1) is 13.8 Å². The first-order chi connectivity index (χ1) is 11.6. The molecule has 0 aliphatic carbocycles. The van der Waals surface area contributed by atoms with Crippen LogP contribution >= 0.6 is 0 Å². The van der Waals surface area contributed by atoms with Gasteiger partial charge in [-0.3, -0.25) is 4.79 Å². The molecule has 0 unspecified atom stereocenters. The molecule has 0 spiro atoms. The molecule has 7 heteroatoms. The number of nitrogens with zero attached hydrogens (tertiary/aromatic N) is 4. The number of hydrogen-bond acceptors (Lipinski definition) is 5. The molecule has 2 aromatic heterocycles. The lowest BCUT2D eigenvalue weighted by Gasteiger charge is -2.04. The average Bonchev–Trinajstić information content (AvgIpc) is 3.00. The molecule has 1 amide bonds. The van der Waals surface area contributed by atoms with E-state index < -0.39 is 0 Å². The Kier molecular flexibility index (Phi) is 4.41. The maximum Gasteiger partial charge on any atom is 0.291 e. The largest absolute Gasteiger partial charge is 0.497 e. The van der Waals surface area contributed by atoms with E-state index in [9.17, 15) is 4.79 Å². The lowest BCUT2D eigenvalue weighted by Crippen LogP contribution is -2.26.